The molecule has 1 heterocycles. The summed E-state index contributed by atoms with van der Waals surface area (Å²) in [6, 6.07) is 11.6. The zero-order valence-electron chi connectivity index (χ0n) is 11.9. The van der Waals surface area contributed by atoms with Crippen LogP contribution in [0.5, 0.6) is 0 Å². The molecule has 0 spiro atoms. The Morgan fingerprint density at radius 3 is 2.60 bits per heavy atom. The molecule has 5 nitrogen and oxygen atoms in total. The van der Waals surface area contributed by atoms with Gasteiger partial charge in [-0.15, -0.1) is 0 Å². The zero-order valence-corrected chi connectivity index (χ0v) is 11.9. The topological polar surface area (TPSA) is 64.3 Å². The number of benzene rings is 1. The molecule has 0 saturated carbocycles. The highest BCUT2D eigenvalue weighted by Crippen LogP contribution is 2.20. The van der Waals surface area contributed by atoms with Crippen molar-refractivity contribution in [1.82, 2.24) is 9.97 Å². The van der Waals surface area contributed by atoms with Crippen LogP contribution in [0.25, 0.3) is 11.4 Å². The fourth-order valence-corrected chi connectivity index (χ4v) is 1.97. The van der Waals surface area contributed by atoms with E-state index in [-0.39, 0.29) is 0 Å². The van der Waals surface area contributed by atoms with Crippen LogP contribution in [-0.4, -0.2) is 36.8 Å². The average Bonchev–Trinajstić information content (AvgIpc) is 2.48. The number of nitrogens with zero attached hydrogens (tertiary/aromatic N) is 3. The van der Waals surface area contributed by atoms with Gasteiger partial charge in [0.1, 0.15) is 11.6 Å². The molecule has 0 bridgehead atoms. The van der Waals surface area contributed by atoms with Crippen LogP contribution in [0.3, 0.4) is 0 Å². The van der Waals surface area contributed by atoms with E-state index in [1.54, 1.807) is 13.2 Å². The van der Waals surface area contributed by atoms with Gasteiger partial charge in [0.05, 0.1) is 6.61 Å². The predicted octanol–water partition coefficient (Wildman–Crippen LogP) is 2.20. The maximum atomic E-state index is 5.91. The molecule has 2 N–H and O–H groups in total. The molecule has 20 heavy (non-hydrogen) atoms. The number of nitrogens with two attached hydrogens (primary N) is 1. The Balaban J connectivity index is 2.33. The lowest BCUT2D eigenvalue weighted by Crippen LogP contribution is -2.28. The van der Waals surface area contributed by atoms with Gasteiger partial charge in [0.15, 0.2) is 5.82 Å². The number of rotatable bonds is 6. The van der Waals surface area contributed by atoms with Crippen molar-refractivity contribution in [3.63, 3.8) is 0 Å². The van der Waals surface area contributed by atoms with Crippen LogP contribution in [-0.2, 0) is 4.74 Å². The fourth-order valence-electron chi connectivity index (χ4n) is 1.97. The molecule has 0 amide bonds. The first-order valence-electron chi connectivity index (χ1n) is 6.68. The molecule has 1 aromatic heterocycles. The van der Waals surface area contributed by atoms with Gasteiger partial charge in [0, 0.05) is 31.8 Å². The van der Waals surface area contributed by atoms with Crippen LogP contribution in [0.4, 0.5) is 11.6 Å². The summed E-state index contributed by atoms with van der Waals surface area (Å²) in [6.45, 7) is 4.35. The molecule has 2 aromatic rings. The SMILES string of the molecule is CCN(CCOC)c1cc(N)nc(-c2ccccc2)n1. The van der Waals surface area contributed by atoms with Gasteiger partial charge >= 0.3 is 0 Å². The van der Waals surface area contributed by atoms with Crippen LogP contribution >= 0.6 is 0 Å². The molecule has 0 radical (unpaired) electrons. The summed E-state index contributed by atoms with van der Waals surface area (Å²) in [4.78, 5) is 11.0. The van der Waals surface area contributed by atoms with Gasteiger partial charge in [0.2, 0.25) is 0 Å². The van der Waals surface area contributed by atoms with E-state index in [1.807, 2.05) is 30.3 Å². The Kier molecular flexibility index (Phi) is 4.90. The van der Waals surface area contributed by atoms with Crippen LogP contribution in [0.15, 0.2) is 36.4 Å². The predicted molar refractivity (Wildman–Crippen MR) is 81.6 cm³/mol. The normalized spacial score (nSPS) is 10.5. The Bertz CT molecular complexity index is 545. The van der Waals surface area contributed by atoms with Crippen molar-refractivity contribution in [3.05, 3.63) is 36.4 Å². The van der Waals surface area contributed by atoms with Crippen molar-refractivity contribution >= 4 is 11.6 Å². The molecule has 0 fully saturated rings. The van der Waals surface area contributed by atoms with Crippen molar-refractivity contribution in [2.75, 3.05) is 37.4 Å². The molecule has 0 saturated heterocycles. The van der Waals surface area contributed by atoms with Gasteiger partial charge in [-0.3, -0.25) is 0 Å². The summed E-state index contributed by atoms with van der Waals surface area (Å²) in [5.74, 6) is 1.96. The van der Waals surface area contributed by atoms with Crippen LogP contribution in [0, 0.1) is 0 Å². The van der Waals surface area contributed by atoms with E-state index in [0.29, 0.717) is 18.2 Å². The van der Waals surface area contributed by atoms with Crippen molar-refractivity contribution in [3.8, 4) is 11.4 Å². The molecule has 1 aromatic carbocycles. The highest BCUT2D eigenvalue weighted by Gasteiger charge is 2.10. The lowest BCUT2D eigenvalue weighted by Gasteiger charge is -2.22. The number of likely N-dealkylation sites (N-methyl/N-ethyl adjacent to an activating group) is 1. The van der Waals surface area contributed by atoms with E-state index >= 15 is 0 Å². The third-order valence-corrected chi connectivity index (χ3v) is 3.04. The number of methoxy groups -OCH3 is 1. The molecular weight excluding hydrogens is 252 g/mol. The first-order valence-corrected chi connectivity index (χ1v) is 6.68. The minimum atomic E-state index is 0.477. The van der Waals surface area contributed by atoms with Crippen molar-refractivity contribution < 1.29 is 4.74 Å². The van der Waals surface area contributed by atoms with E-state index in [2.05, 4.69) is 21.8 Å². The Morgan fingerprint density at radius 2 is 1.95 bits per heavy atom. The maximum absolute atomic E-state index is 5.91. The summed E-state index contributed by atoms with van der Waals surface area (Å²) in [5.41, 5.74) is 6.87. The van der Waals surface area contributed by atoms with Crippen LogP contribution in [0.2, 0.25) is 0 Å². The van der Waals surface area contributed by atoms with Gasteiger partial charge in [-0.25, -0.2) is 9.97 Å². The summed E-state index contributed by atoms with van der Waals surface area (Å²) in [5, 5.41) is 0. The largest absolute Gasteiger partial charge is 0.384 e. The standard InChI is InChI=1S/C15H20N4O/c1-3-19(9-10-20-2)14-11-13(16)17-15(18-14)12-7-5-4-6-8-12/h4-8,11H,3,9-10H2,1-2H3,(H2,16,17,18). The smallest absolute Gasteiger partial charge is 0.163 e. The van der Waals surface area contributed by atoms with Crippen molar-refractivity contribution in [2.24, 2.45) is 0 Å². The van der Waals surface area contributed by atoms with Crippen LogP contribution in [0.1, 0.15) is 6.92 Å². The first-order chi connectivity index (χ1) is 9.74. The fraction of sp³-hybridized carbons (Fsp3) is 0.333. The van der Waals surface area contributed by atoms with Gasteiger partial charge in [-0.05, 0) is 6.92 Å². The third-order valence-electron chi connectivity index (χ3n) is 3.04. The summed E-state index contributed by atoms with van der Waals surface area (Å²) in [7, 11) is 1.69. The second kappa shape index (κ2) is 6.86. The number of ether oxygens (including phenoxy) is 1. The molecule has 0 atom stereocenters. The quantitative estimate of drug-likeness (QED) is 0.873. The monoisotopic (exact) mass is 272 g/mol. The number of aromatic nitrogens is 2. The molecule has 0 aliphatic carbocycles. The van der Waals surface area contributed by atoms with Crippen molar-refractivity contribution in [2.45, 2.75) is 6.92 Å². The molecule has 0 aliphatic heterocycles. The van der Waals surface area contributed by atoms with Gasteiger partial charge in [-0.2, -0.15) is 0 Å². The maximum Gasteiger partial charge on any atom is 0.163 e. The van der Waals surface area contributed by atoms with Crippen molar-refractivity contribution in [1.29, 1.82) is 0 Å². The highest BCUT2D eigenvalue weighted by atomic mass is 16.5. The Morgan fingerprint density at radius 1 is 1.20 bits per heavy atom. The van der Waals surface area contributed by atoms with Gasteiger partial charge < -0.3 is 15.4 Å². The van der Waals surface area contributed by atoms with E-state index < -0.39 is 0 Å². The van der Waals surface area contributed by atoms with E-state index in [0.717, 1.165) is 24.5 Å². The molecular formula is C15H20N4O. The Hall–Kier alpha value is -2.14. The Labute approximate surface area is 119 Å². The molecule has 0 unspecified atom stereocenters. The number of anilines is 2. The number of hydrogen-bond acceptors (Lipinski definition) is 5. The first kappa shape index (κ1) is 14.3. The van der Waals surface area contributed by atoms with Gasteiger partial charge in [-0.1, -0.05) is 30.3 Å². The van der Waals surface area contributed by atoms with E-state index in [4.69, 9.17) is 10.5 Å². The lowest BCUT2D eigenvalue weighted by atomic mass is 10.2. The summed E-state index contributed by atoms with van der Waals surface area (Å²) >= 11 is 0. The molecule has 106 valence electrons. The van der Waals surface area contributed by atoms with E-state index in [9.17, 15) is 0 Å². The molecule has 2 rings (SSSR count). The summed E-state index contributed by atoms with van der Waals surface area (Å²) < 4.78 is 5.12. The second-order valence-corrected chi connectivity index (χ2v) is 4.41. The summed E-state index contributed by atoms with van der Waals surface area (Å²) in [6.07, 6.45) is 0. The average molecular weight is 272 g/mol. The molecule has 0 aliphatic rings. The highest BCUT2D eigenvalue weighted by molar-refractivity contribution is 5.60. The van der Waals surface area contributed by atoms with Gasteiger partial charge in [0.25, 0.3) is 0 Å². The molecule has 5 heteroatoms. The second-order valence-electron chi connectivity index (χ2n) is 4.41. The number of nitrogen functional groups attached to an aromatic ring is 1. The third kappa shape index (κ3) is 3.45. The van der Waals surface area contributed by atoms with E-state index in [1.165, 1.54) is 0 Å². The van der Waals surface area contributed by atoms with Crippen LogP contribution < -0.4 is 10.6 Å². The minimum absolute atomic E-state index is 0.477. The number of hydrogen-bond donors (Lipinski definition) is 1. The zero-order chi connectivity index (χ0) is 14.4. The minimum Gasteiger partial charge on any atom is -0.384 e. The lowest BCUT2D eigenvalue weighted by molar-refractivity contribution is 0.205.